The lowest BCUT2D eigenvalue weighted by atomic mass is 10.1. The van der Waals surface area contributed by atoms with Crippen LogP contribution in [-0.2, 0) is 12.8 Å². The van der Waals surface area contributed by atoms with E-state index in [1.807, 2.05) is 35.1 Å². The molecule has 0 aliphatic carbocycles. The first kappa shape index (κ1) is 16.7. The molecule has 0 saturated carbocycles. The number of nitrogens with zero attached hydrogens (tertiary/aromatic N) is 3. The summed E-state index contributed by atoms with van der Waals surface area (Å²) in [5.74, 6) is 0. The van der Waals surface area contributed by atoms with Crippen LogP contribution in [0.3, 0.4) is 0 Å². The third-order valence-corrected chi connectivity index (χ3v) is 3.93. The summed E-state index contributed by atoms with van der Waals surface area (Å²) in [6.07, 6.45) is 11.5. The predicted octanol–water partition coefficient (Wildman–Crippen LogP) is 3.71. The van der Waals surface area contributed by atoms with Crippen molar-refractivity contribution in [3.8, 4) is 5.69 Å². The molecule has 4 heteroatoms. The summed E-state index contributed by atoms with van der Waals surface area (Å²) in [4.78, 5) is 0. The van der Waals surface area contributed by atoms with Crippen LogP contribution in [0, 0.1) is 0 Å². The molecule has 0 unspecified atom stereocenters. The van der Waals surface area contributed by atoms with Gasteiger partial charge < -0.3 is 5.11 Å². The standard InChI is InChI=1S/C18H27N3O/c1-2-3-4-5-6-7-8-17-15-21(20-19-17)18-11-9-16(10-12-18)13-14-22/h9-12,15,22H,2-8,13-14H2,1H3. The van der Waals surface area contributed by atoms with Crippen molar-refractivity contribution in [2.45, 2.75) is 58.3 Å². The number of hydrogen-bond acceptors (Lipinski definition) is 3. The molecule has 2 aromatic rings. The molecular weight excluding hydrogens is 274 g/mol. The van der Waals surface area contributed by atoms with Crippen LogP contribution in [0.5, 0.6) is 0 Å². The summed E-state index contributed by atoms with van der Waals surface area (Å²) in [6, 6.07) is 8.10. The van der Waals surface area contributed by atoms with Crippen molar-refractivity contribution in [2.24, 2.45) is 0 Å². The van der Waals surface area contributed by atoms with E-state index in [4.69, 9.17) is 5.11 Å². The van der Waals surface area contributed by atoms with Crippen molar-refractivity contribution < 1.29 is 5.11 Å². The molecule has 0 spiro atoms. The Morgan fingerprint density at radius 1 is 0.955 bits per heavy atom. The van der Waals surface area contributed by atoms with Gasteiger partial charge in [-0.3, -0.25) is 0 Å². The smallest absolute Gasteiger partial charge is 0.0831 e. The molecule has 4 nitrogen and oxygen atoms in total. The van der Waals surface area contributed by atoms with Crippen LogP contribution in [0.2, 0.25) is 0 Å². The van der Waals surface area contributed by atoms with Gasteiger partial charge in [-0.15, -0.1) is 5.10 Å². The molecule has 0 amide bonds. The van der Waals surface area contributed by atoms with Gasteiger partial charge in [-0.05, 0) is 37.0 Å². The molecule has 1 aromatic carbocycles. The molecule has 1 heterocycles. The highest BCUT2D eigenvalue weighted by molar-refractivity contribution is 5.33. The van der Waals surface area contributed by atoms with E-state index in [0.717, 1.165) is 23.4 Å². The summed E-state index contributed by atoms with van der Waals surface area (Å²) in [6.45, 7) is 2.43. The summed E-state index contributed by atoms with van der Waals surface area (Å²) >= 11 is 0. The second-order valence-electron chi connectivity index (χ2n) is 5.81. The highest BCUT2D eigenvalue weighted by Crippen LogP contribution is 2.12. The summed E-state index contributed by atoms with van der Waals surface area (Å²) in [7, 11) is 0. The highest BCUT2D eigenvalue weighted by Gasteiger charge is 2.03. The Hall–Kier alpha value is -1.68. The van der Waals surface area contributed by atoms with Crippen LogP contribution in [0.25, 0.3) is 5.69 Å². The number of aliphatic hydroxyl groups excluding tert-OH is 1. The maximum absolute atomic E-state index is 8.93. The summed E-state index contributed by atoms with van der Waals surface area (Å²) in [5, 5.41) is 17.4. The van der Waals surface area contributed by atoms with E-state index in [-0.39, 0.29) is 6.61 Å². The van der Waals surface area contributed by atoms with Crippen LogP contribution in [-0.4, -0.2) is 26.7 Å². The molecule has 0 saturated heterocycles. The van der Waals surface area contributed by atoms with E-state index < -0.39 is 0 Å². The van der Waals surface area contributed by atoms with Gasteiger partial charge in [-0.25, -0.2) is 4.68 Å². The van der Waals surface area contributed by atoms with Crippen LogP contribution < -0.4 is 0 Å². The average Bonchev–Trinajstić information content (AvgIpc) is 3.01. The van der Waals surface area contributed by atoms with Gasteiger partial charge in [-0.2, -0.15) is 0 Å². The lowest BCUT2D eigenvalue weighted by molar-refractivity contribution is 0.299. The molecule has 22 heavy (non-hydrogen) atoms. The van der Waals surface area contributed by atoms with Gasteiger partial charge in [0, 0.05) is 6.61 Å². The van der Waals surface area contributed by atoms with E-state index in [0.29, 0.717) is 6.42 Å². The summed E-state index contributed by atoms with van der Waals surface area (Å²) < 4.78 is 1.83. The fourth-order valence-electron chi connectivity index (χ4n) is 2.57. The monoisotopic (exact) mass is 301 g/mol. The fourth-order valence-corrected chi connectivity index (χ4v) is 2.57. The van der Waals surface area contributed by atoms with Crippen LogP contribution in [0.15, 0.2) is 30.5 Å². The highest BCUT2D eigenvalue weighted by atomic mass is 16.2. The first-order valence-electron chi connectivity index (χ1n) is 8.45. The third-order valence-electron chi connectivity index (χ3n) is 3.93. The molecule has 0 fully saturated rings. The molecule has 0 aliphatic heterocycles. The molecule has 0 bridgehead atoms. The van der Waals surface area contributed by atoms with Gasteiger partial charge in [0.25, 0.3) is 0 Å². The lowest BCUT2D eigenvalue weighted by Gasteiger charge is -2.02. The number of benzene rings is 1. The van der Waals surface area contributed by atoms with E-state index in [1.165, 1.54) is 38.5 Å². The molecule has 1 aromatic heterocycles. The number of hydrogen-bond donors (Lipinski definition) is 1. The lowest BCUT2D eigenvalue weighted by Crippen LogP contribution is -1.96. The Kier molecular flexibility index (Phi) is 7.10. The van der Waals surface area contributed by atoms with E-state index in [2.05, 4.69) is 17.2 Å². The van der Waals surface area contributed by atoms with Crippen LogP contribution in [0.4, 0.5) is 0 Å². The zero-order valence-electron chi connectivity index (χ0n) is 13.5. The Morgan fingerprint density at radius 3 is 2.41 bits per heavy atom. The van der Waals surface area contributed by atoms with Crippen molar-refractivity contribution in [2.75, 3.05) is 6.61 Å². The maximum Gasteiger partial charge on any atom is 0.0831 e. The molecule has 0 atom stereocenters. The molecular formula is C18H27N3O. The third kappa shape index (κ3) is 5.26. The zero-order chi connectivity index (χ0) is 15.6. The van der Waals surface area contributed by atoms with E-state index in [9.17, 15) is 0 Å². The number of aliphatic hydroxyl groups is 1. The molecule has 0 aliphatic rings. The number of rotatable bonds is 10. The van der Waals surface area contributed by atoms with Crippen LogP contribution >= 0.6 is 0 Å². The Bertz CT molecular complexity index is 534. The minimum atomic E-state index is 0.186. The quantitative estimate of drug-likeness (QED) is 0.681. The average molecular weight is 301 g/mol. The Balaban J connectivity index is 1.80. The fraction of sp³-hybridized carbons (Fsp3) is 0.556. The second-order valence-corrected chi connectivity index (χ2v) is 5.81. The maximum atomic E-state index is 8.93. The van der Waals surface area contributed by atoms with Gasteiger partial charge in [0.2, 0.25) is 0 Å². The van der Waals surface area contributed by atoms with Gasteiger partial charge >= 0.3 is 0 Å². The van der Waals surface area contributed by atoms with Gasteiger partial charge in [0.15, 0.2) is 0 Å². The van der Waals surface area contributed by atoms with E-state index in [1.54, 1.807) is 0 Å². The predicted molar refractivity (Wildman–Crippen MR) is 89.2 cm³/mol. The van der Waals surface area contributed by atoms with Crippen molar-refractivity contribution in [3.63, 3.8) is 0 Å². The van der Waals surface area contributed by atoms with Crippen LogP contribution in [0.1, 0.15) is 56.7 Å². The van der Waals surface area contributed by atoms with Crippen molar-refractivity contribution in [1.82, 2.24) is 15.0 Å². The van der Waals surface area contributed by atoms with Gasteiger partial charge in [0.05, 0.1) is 17.6 Å². The number of aryl methyl sites for hydroxylation is 1. The number of aromatic nitrogens is 3. The first-order valence-corrected chi connectivity index (χ1v) is 8.45. The number of unbranched alkanes of at least 4 members (excludes halogenated alkanes) is 5. The van der Waals surface area contributed by atoms with Crippen molar-refractivity contribution >= 4 is 0 Å². The largest absolute Gasteiger partial charge is 0.396 e. The van der Waals surface area contributed by atoms with Crippen molar-refractivity contribution in [3.05, 3.63) is 41.7 Å². The van der Waals surface area contributed by atoms with E-state index >= 15 is 0 Å². The van der Waals surface area contributed by atoms with Gasteiger partial charge in [-0.1, -0.05) is 56.4 Å². The Labute approximate surface area is 133 Å². The normalized spacial score (nSPS) is 11.0. The SMILES string of the molecule is CCCCCCCCc1cn(-c2ccc(CCO)cc2)nn1. The molecule has 120 valence electrons. The molecule has 1 N–H and O–H groups in total. The Morgan fingerprint density at radius 2 is 1.68 bits per heavy atom. The minimum absolute atomic E-state index is 0.186. The summed E-state index contributed by atoms with van der Waals surface area (Å²) in [5.41, 5.74) is 3.22. The molecule has 0 radical (unpaired) electrons. The second kappa shape index (κ2) is 9.36. The molecule has 2 rings (SSSR count). The topological polar surface area (TPSA) is 50.9 Å². The first-order chi connectivity index (χ1) is 10.8. The zero-order valence-corrected chi connectivity index (χ0v) is 13.5. The van der Waals surface area contributed by atoms with Crippen molar-refractivity contribution in [1.29, 1.82) is 0 Å². The van der Waals surface area contributed by atoms with Gasteiger partial charge in [0.1, 0.15) is 0 Å². The minimum Gasteiger partial charge on any atom is -0.396 e.